The molecule has 5 amide bonds. The molecule has 0 aromatic heterocycles. The molecule has 57 heavy (non-hydrogen) atoms. The van der Waals surface area contributed by atoms with E-state index >= 15 is 0 Å². The van der Waals surface area contributed by atoms with Gasteiger partial charge in [0.1, 0.15) is 54.6 Å². The summed E-state index contributed by atoms with van der Waals surface area (Å²) in [7, 11) is 0. The van der Waals surface area contributed by atoms with Crippen LogP contribution in [0.5, 0.6) is 0 Å². The van der Waals surface area contributed by atoms with Gasteiger partial charge in [0.2, 0.25) is 29.5 Å². The van der Waals surface area contributed by atoms with Crippen molar-refractivity contribution in [2.24, 2.45) is 0 Å². The summed E-state index contributed by atoms with van der Waals surface area (Å²) < 4.78 is 48.9. The first-order chi connectivity index (χ1) is 27.2. The van der Waals surface area contributed by atoms with Gasteiger partial charge in [0.05, 0.1) is 12.6 Å². The molecule has 8 unspecified atom stereocenters. The number of esters is 1. The number of nitrogens with one attached hydrogen (secondary N) is 4. The van der Waals surface area contributed by atoms with Gasteiger partial charge in [-0.25, -0.2) is 18.0 Å². The van der Waals surface area contributed by atoms with E-state index in [0.717, 1.165) is 22.6 Å². The fourth-order valence-electron chi connectivity index (χ4n) is 7.96. The number of rotatable bonds is 8. The minimum Gasteiger partial charge on any atom is -0.461 e. The third kappa shape index (κ3) is 9.84. The Morgan fingerprint density at radius 1 is 0.895 bits per heavy atom. The first-order valence-corrected chi connectivity index (χ1v) is 19.2. The van der Waals surface area contributed by atoms with Gasteiger partial charge in [-0.15, -0.1) is 0 Å². The van der Waals surface area contributed by atoms with Crippen LogP contribution in [0.15, 0.2) is 42.5 Å². The molecule has 0 aliphatic carbocycles. The Kier molecular flexibility index (Phi) is 13.0. The standard InChI is InChI=1S/C39H48F3N7O8/c1-21-8-10-27(11-9-21)44-39(56)46-28(16-23-14-24(40)17-25(41)15-23)33(50)45-29-20-57-38(55)32-18-26(42)19-49(32)35(52)22(2)43-34(51)30-6-3-4-12-47(30)37(54)31-7-5-13-48(31)36(29)53/h8-11,14-15,17,22,26,28-32,39,44,46,56H,3-7,12-13,16,18-20H2,1-2H3,(H,43,51)(H,45,50). The fourth-order valence-corrected chi connectivity index (χ4v) is 7.96. The van der Waals surface area contributed by atoms with Crippen molar-refractivity contribution in [1.82, 2.24) is 30.7 Å². The number of hydrogen-bond acceptors (Lipinski definition) is 10. The molecule has 0 bridgehead atoms. The van der Waals surface area contributed by atoms with Crippen LogP contribution in [0.3, 0.4) is 0 Å². The van der Waals surface area contributed by atoms with Crippen LogP contribution in [0.1, 0.15) is 56.6 Å². The maximum absolute atomic E-state index is 14.8. The van der Waals surface area contributed by atoms with Crippen LogP contribution in [-0.2, 0) is 39.9 Å². The third-order valence-corrected chi connectivity index (χ3v) is 10.8. The van der Waals surface area contributed by atoms with Crippen molar-refractivity contribution in [2.75, 3.05) is 31.6 Å². The van der Waals surface area contributed by atoms with Gasteiger partial charge in [-0.1, -0.05) is 17.7 Å². The molecule has 0 saturated carbocycles. The number of cyclic esters (lactones) is 1. The second-order valence-electron chi connectivity index (χ2n) is 15.1. The Morgan fingerprint density at radius 3 is 2.28 bits per heavy atom. The molecule has 0 radical (unpaired) electrons. The fraction of sp³-hybridized carbons (Fsp3) is 0.538. The number of carbonyl (C=O) groups excluding carboxylic acids is 6. The molecule has 6 rings (SSSR count). The van der Waals surface area contributed by atoms with E-state index in [9.17, 15) is 47.0 Å². The van der Waals surface area contributed by atoms with Crippen LogP contribution in [0.4, 0.5) is 18.9 Å². The van der Waals surface area contributed by atoms with Crippen molar-refractivity contribution < 1.29 is 51.8 Å². The van der Waals surface area contributed by atoms with Crippen molar-refractivity contribution in [3.63, 3.8) is 0 Å². The smallest absolute Gasteiger partial charge is 0.329 e. The molecule has 4 fully saturated rings. The number of piperidine rings is 1. The number of amides is 5. The maximum Gasteiger partial charge on any atom is 0.329 e. The number of ether oxygens (including phenoxy) is 1. The summed E-state index contributed by atoms with van der Waals surface area (Å²) in [6, 6.07) is 1.93. The van der Waals surface area contributed by atoms with Gasteiger partial charge in [-0.3, -0.25) is 29.3 Å². The zero-order valence-corrected chi connectivity index (χ0v) is 31.7. The van der Waals surface area contributed by atoms with Crippen molar-refractivity contribution in [3.05, 3.63) is 65.2 Å². The lowest BCUT2D eigenvalue weighted by Gasteiger charge is -2.39. The number of anilines is 1. The van der Waals surface area contributed by atoms with Crippen LogP contribution in [0.25, 0.3) is 0 Å². The number of fused-ring (bicyclic) bond motifs is 3. The summed E-state index contributed by atoms with van der Waals surface area (Å²) in [5.41, 5.74) is 1.45. The first kappa shape index (κ1) is 41.4. The van der Waals surface area contributed by atoms with Crippen molar-refractivity contribution >= 4 is 41.2 Å². The zero-order chi connectivity index (χ0) is 41.0. The highest BCUT2D eigenvalue weighted by atomic mass is 19.1. The van der Waals surface area contributed by atoms with Gasteiger partial charge < -0.3 is 40.5 Å². The Hall–Kier alpha value is -5.23. The number of benzene rings is 2. The number of hydrogen-bond donors (Lipinski definition) is 5. The SMILES string of the molecule is Cc1ccc(NC(O)NC(Cc2cc(F)cc(F)c2)C(=O)NC2COC(=O)C3CC(F)CN3C(=O)C(C)NC(=O)C3CCCCN3C(=O)C3CCCN3C2=O)cc1. The maximum atomic E-state index is 14.8. The van der Waals surface area contributed by atoms with E-state index in [-0.39, 0.29) is 31.5 Å². The second kappa shape index (κ2) is 17.9. The Morgan fingerprint density at radius 2 is 1.56 bits per heavy atom. The lowest BCUT2D eigenvalue weighted by molar-refractivity contribution is -0.158. The number of aryl methyl sites for hydroxylation is 1. The van der Waals surface area contributed by atoms with Gasteiger partial charge in [0.15, 0.2) is 6.35 Å². The molecule has 308 valence electrons. The van der Waals surface area contributed by atoms with E-state index in [1.807, 2.05) is 6.92 Å². The molecule has 0 spiro atoms. The van der Waals surface area contributed by atoms with E-state index in [1.54, 1.807) is 24.3 Å². The number of halogens is 3. The lowest BCUT2D eigenvalue weighted by atomic mass is 9.99. The average Bonchev–Trinajstić information content (AvgIpc) is 3.82. The van der Waals surface area contributed by atoms with Crippen LogP contribution < -0.4 is 21.3 Å². The molecular weight excluding hydrogens is 751 g/mol. The van der Waals surface area contributed by atoms with Crippen LogP contribution >= 0.6 is 0 Å². The number of nitrogens with zero attached hydrogens (tertiary/aromatic N) is 3. The van der Waals surface area contributed by atoms with Gasteiger partial charge in [0, 0.05) is 31.3 Å². The molecular formula is C39H48F3N7O8. The van der Waals surface area contributed by atoms with E-state index in [4.69, 9.17) is 4.74 Å². The highest BCUT2D eigenvalue weighted by Gasteiger charge is 2.46. The Bertz CT molecular complexity index is 1830. The third-order valence-electron chi connectivity index (χ3n) is 10.8. The molecule has 4 aliphatic heterocycles. The number of carbonyl (C=O) groups is 6. The van der Waals surface area contributed by atoms with Gasteiger partial charge >= 0.3 is 5.97 Å². The average molecular weight is 800 g/mol. The first-order valence-electron chi connectivity index (χ1n) is 19.2. The van der Waals surface area contributed by atoms with E-state index in [1.165, 1.54) is 16.7 Å². The van der Waals surface area contributed by atoms with E-state index < -0.39 is 115 Å². The predicted octanol–water partition coefficient (Wildman–Crippen LogP) is 1.02. The van der Waals surface area contributed by atoms with Gasteiger partial charge in [0.25, 0.3) is 0 Å². The second-order valence-corrected chi connectivity index (χ2v) is 15.1. The van der Waals surface area contributed by atoms with Crippen molar-refractivity contribution in [3.8, 4) is 0 Å². The molecule has 15 nitrogen and oxygen atoms in total. The molecule has 4 aliphatic rings. The minimum atomic E-state index is -1.65. The minimum absolute atomic E-state index is 0.0322. The predicted molar refractivity (Wildman–Crippen MR) is 197 cm³/mol. The molecule has 5 N–H and O–H groups in total. The molecule has 2 aromatic carbocycles. The zero-order valence-electron chi connectivity index (χ0n) is 31.7. The van der Waals surface area contributed by atoms with E-state index in [2.05, 4.69) is 21.3 Å². The quantitative estimate of drug-likeness (QED) is 0.191. The normalized spacial score (nSPS) is 27.2. The van der Waals surface area contributed by atoms with Gasteiger partial charge in [-0.05, 0) is 82.2 Å². The van der Waals surface area contributed by atoms with Crippen LogP contribution in [0, 0.1) is 18.6 Å². The number of aliphatic hydroxyl groups excluding tert-OH is 1. The largest absolute Gasteiger partial charge is 0.461 e. The van der Waals surface area contributed by atoms with Crippen molar-refractivity contribution in [1.29, 1.82) is 0 Å². The van der Waals surface area contributed by atoms with Crippen LogP contribution in [0.2, 0.25) is 0 Å². The topological polar surface area (TPSA) is 190 Å². The molecule has 4 saturated heterocycles. The summed E-state index contributed by atoms with van der Waals surface area (Å²) in [6.07, 6.45) is -1.80. The molecule has 18 heteroatoms. The number of aliphatic hydroxyl groups is 1. The summed E-state index contributed by atoms with van der Waals surface area (Å²) in [4.78, 5) is 87.1. The Labute approximate surface area is 327 Å². The molecule has 2 aromatic rings. The van der Waals surface area contributed by atoms with Crippen molar-refractivity contribution in [2.45, 2.75) is 108 Å². The summed E-state index contributed by atoms with van der Waals surface area (Å²) >= 11 is 0. The molecule has 4 heterocycles. The van der Waals surface area contributed by atoms with Gasteiger partial charge in [-0.2, -0.15) is 0 Å². The van der Waals surface area contributed by atoms with E-state index in [0.29, 0.717) is 37.4 Å². The van der Waals surface area contributed by atoms with Crippen LogP contribution in [-0.4, -0.2) is 130 Å². The molecule has 8 atom stereocenters. The highest BCUT2D eigenvalue weighted by Crippen LogP contribution is 2.27. The number of alkyl halides is 1. The Balaban J connectivity index is 1.31. The lowest BCUT2D eigenvalue weighted by Crippen LogP contribution is -2.62. The monoisotopic (exact) mass is 799 g/mol. The highest BCUT2D eigenvalue weighted by molar-refractivity contribution is 5.97. The summed E-state index contributed by atoms with van der Waals surface area (Å²) in [6.45, 7) is 2.35. The summed E-state index contributed by atoms with van der Waals surface area (Å²) in [5, 5.41) is 21.6. The summed E-state index contributed by atoms with van der Waals surface area (Å²) in [5.74, 6) is -6.46.